The van der Waals surface area contributed by atoms with Crippen LogP contribution in [0.4, 0.5) is 10.1 Å². The van der Waals surface area contributed by atoms with Crippen molar-refractivity contribution in [2.45, 2.75) is 39.7 Å². The van der Waals surface area contributed by atoms with Crippen molar-refractivity contribution in [1.82, 2.24) is 10.3 Å². The average Bonchev–Trinajstić information content (AvgIpc) is 2.72. The number of pyridine rings is 1. The molecule has 0 saturated carbocycles. The molecule has 0 radical (unpaired) electrons. The molecule has 5 nitrogen and oxygen atoms in total. The van der Waals surface area contributed by atoms with E-state index in [9.17, 15) is 14.0 Å². The van der Waals surface area contributed by atoms with Crippen LogP contribution in [0.2, 0.25) is 0 Å². The van der Waals surface area contributed by atoms with Gasteiger partial charge in [0, 0.05) is 5.39 Å². The summed E-state index contributed by atoms with van der Waals surface area (Å²) >= 11 is 0. The lowest BCUT2D eigenvalue weighted by Gasteiger charge is -2.23. The molecule has 2 aromatic carbocycles. The van der Waals surface area contributed by atoms with Crippen molar-refractivity contribution in [3.8, 4) is 0 Å². The Labute approximate surface area is 175 Å². The van der Waals surface area contributed by atoms with E-state index in [-0.39, 0.29) is 17.5 Å². The molecule has 1 heterocycles. The number of anilines is 1. The summed E-state index contributed by atoms with van der Waals surface area (Å²) in [6.07, 6.45) is 3.41. The molecule has 1 unspecified atom stereocenters. The number of hydrogen-bond acceptors (Lipinski definition) is 3. The Morgan fingerprint density at radius 3 is 2.47 bits per heavy atom. The van der Waals surface area contributed by atoms with Crippen molar-refractivity contribution in [3.63, 3.8) is 0 Å². The van der Waals surface area contributed by atoms with Gasteiger partial charge in [0.15, 0.2) is 0 Å². The van der Waals surface area contributed by atoms with Gasteiger partial charge in [-0.05, 0) is 35.6 Å². The van der Waals surface area contributed by atoms with Crippen molar-refractivity contribution >= 4 is 28.4 Å². The fraction of sp³-hybridized carbons (Fsp3) is 0.292. The Morgan fingerprint density at radius 2 is 1.80 bits per heavy atom. The standard InChI is InChI=1S/C24H26FN3O2/c1-4-6-16-9-11-17(12-10-16)21(15(2)3)28-24(30)23(29)27-19-13-18-7-5-8-20(25)22(18)26-14-19/h5,7-15,21H,4,6H2,1-3H3,(H,27,29)(H,28,30). The van der Waals surface area contributed by atoms with E-state index in [1.165, 1.54) is 17.8 Å². The number of aryl methyl sites for hydroxylation is 1. The molecule has 1 atom stereocenters. The van der Waals surface area contributed by atoms with Gasteiger partial charge in [-0.3, -0.25) is 14.6 Å². The first-order chi connectivity index (χ1) is 14.4. The molecule has 2 amide bonds. The monoisotopic (exact) mass is 407 g/mol. The number of fused-ring (bicyclic) bond motifs is 1. The van der Waals surface area contributed by atoms with E-state index in [0.29, 0.717) is 11.1 Å². The molecule has 30 heavy (non-hydrogen) atoms. The maximum Gasteiger partial charge on any atom is 0.313 e. The number of carbonyl (C=O) groups is 2. The maximum atomic E-state index is 13.7. The van der Waals surface area contributed by atoms with Crippen LogP contribution in [0.1, 0.15) is 44.4 Å². The summed E-state index contributed by atoms with van der Waals surface area (Å²) in [5, 5.41) is 5.90. The zero-order chi connectivity index (χ0) is 21.7. The predicted molar refractivity (Wildman–Crippen MR) is 116 cm³/mol. The molecule has 3 aromatic rings. The summed E-state index contributed by atoms with van der Waals surface area (Å²) in [4.78, 5) is 29.0. The van der Waals surface area contributed by atoms with Crippen molar-refractivity contribution in [1.29, 1.82) is 0 Å². The van der Waals surface area contributed by atoms with Crippen molar-refractivity contribution in [2.75, 3.05) is 5.32 Å². The maximum absolute atomic E-state index is 13.7. The van der Waals surface area contributed by atoms with Crippen LogP contribution in [0, 0.1) is 11.7 Å². The van der Waals surface area contributed by atoms with E-state index in [1.54, 1.807) is 18.2 Å². The van der Waals surface area contributed by atoms with Crippen LogP contribution >= 0.6 is 0 Å². The second kappa shape index (κ2) is 9.48. The van der Waals surface area contributed by atoms with E-state index in [4.69, 9.17) is 0 Å². The van der Waals surface area contributed by atoms with Gasteiger partial charge in [0.05, 0.1) is 17.9 Å². The van der Waals surface area contributed by atoms with Gasteiger partial charge in [-0.25, -0.2) is 4.39 Å². The number of amides is 2. The van der Waals surface area contributed by atoms with Gasteiger partial charge in [-0.1, -0.05) is 63.6 Å². The Kier molecular flexibility index (Phi) is 6.77. The van der Waals surface area contributed by atoms with E-state index < -0.39 is 17.6 Å². The van der Waals surface area contributed by atoms with E-state index in [0.717, 1.165) is 18.4 Å². The average molecular weight is 407 g/mol. The second-order valence-corrected chi connectivity index (χ2v) is 7.68. The second-order valence-electron chi connectivity index (χ2n) is 7.68. The number of aromatic nitrogens is 1. The lowest BCUT2D eigenvalue weighted by Crippen LogP contribution is -2.39. The molecular weight excluding hydrogens is 381 g/mol. The van der Waals surface area contributed by atoms with Crippen molar-refractivity contribution in [2.24, 2.45) is 5.92 Å². The number of benzene rings is 2. The number of carbonyl (C=O) groups excluding carboxylic acids is 2. The van der Waals surface area contributed by atoms with Crippen LogP contribution in [-0.4, -0.2) is 16.8 Å². The molecule has 0 aliphatic rings. The van der Waals surface area contributed by atoms with Gasteiger partial charge in [0.25, 0.3) is 0 Å². The minimum absolute atomic E-state index is 0.101. The van der Waals surface area contributed by atoms with Gasteiger partial charge in [0.2, 0.25) is 0 Å². The Morgan fingerprint density at radius 1 is 1.07 bits per heavy atom. The number of halogens is 1. The molecule has 156 valence electrons. The lowest BCUT2D eigenvalue weighted by atomic mass is 9.94. The summed E-state index contributed by atoms with van der Waals surface area (Å²) in [6, 6.07) is 14.0. The van der Waals surface area contributed by atoms with Gasteiger partial charge in [0.1, 0.15) is 11.3 Å². The molecule has 0 bridgehead atoms. The smallest absolute Gasteiger partial charge is 0.313 e. The summed E-state index contributed by atoms with van der Waals surface area (Å²) in [5.41, 5.74) is 2.74. The van der Waals surface area contributed by atoms with Crippen LogP contribution in [0.3, 0.4) is 0 Å². The van der Waals surface area contributed by atoms with Gasteiger partial charge >= 0.3 is 11.8 Å². The molecule has 2 N–H and O–H groups in total. The van der Waals surface area contributed by atoms with Crippen molar-refractivity contribution < 1.29 is 14.0 Å². The van der Waals surface area contributed by atoms with Crippen LogP contribution in [-0.2, 0) is 16.0 Å². The highest BCUT2D eigenvalue weighted by Gasteiger charge is 2.22. The molecule has 0 spiro atoms. The lowest BCUT2D eigenvalue weighted by molar-refractivity contribution is -0.136. The van der Waals surface area contributed by atoms with Gasteiger partial charge in [-0.15, -0.1) is 0 Å². The minimum atomic E-state index is -0.791. The van der Waals surface area contributed by atoms with Gasteiger partial charge in [-0.2, -0.15) is 0 Å². The molecule has 0 aliphatic heterocycles. The third-order valence-electron chi connectivity index (χ3n) is 4.96. The predicted octanol–water partition coefficient (Wildman–Crippen LogP) is 4.78. The zero-order valence-electron chi connectivity index (χ0n) is 17.4. The largest absolute Gasteiger partial charge is 0.341 e. The molecule has 0 saturated heterocycles. The summed E-state index contributed by atoms with van der Waals surface area (Å²) in [7, 11) is 0. The quantitative estimate of drug-likeness (QED) is 0.578. The number of para-hydroxylation sites is 1. The summed E-state index contributed by atoms with van der Waals surface area (Å²) < 4.78 is 13.7. The first-order valence-corrected chi connectivity index (χ1v) is 10.1. The molecule has 6 heteroatoms. The van der Waals surface area contributed by atoms with Crippen LogP contribution in [0.5, 0.6) is 0 Å². The highest BCUT2D eigenvalue weighted by Crippen LogP contribution is 2.23. The van der Waals surface area contributed by atoms with Gasteiger partial charge < -0.3 is 10.6 Å². The normalized spacial score (nSPS) is 12.0. The summed E-state index contributed by atoms with van der Waals surface area (Å²) in [6.45, 7) is 6.11. The Balaban J connectivity index is 1.70. The molecule has 1 aromatic heterocycles. The number of rotatable bonds is 6. The van der Waals surface area contributed by atoms with E-state index >= 15 is 0 Å². The van der Waals surface area contributed by atoms with Crippen LogP contribution < -0.4 is 10.6 Å². The molecule has 0 aliphatic carbocycles. The van der Waals surface area contributed by atoms with E-state index in [1.807, 2.05) is 26.0 Å². The highest BCUT2D eigenvalue weighted by molar-refractivity contribution is 6.39. The summed E-state index contributed by atoms with van der Waals surface area (Å²) in [5.74, 6) is -1.86. The van der Waals surface area contributed by atoms with Crippen molar-refractivity contribution in [3.05, 3.63) is 71.7 Å². The topological polar surface area (TPSA) is 71.1 Å². The number of nitrogens with one attached hydrogen (secondary N) is 2. The third-order valence-corrected chi connectivity index (χ3v) is 4.96. The van der Waals surface area contributed by atoms with Crippen LogP contribution in [0.25, 0.3) is 10.9 Å². The number of nitrogens with zero attached hydrogens (tertiary/aromatic N) is 1. The van der Waals surface area contributed by atoms with Crippen LogP contribution in [0.15, 0.2) is 54.7 Å². The SMILES string of the molecule is CCCc1ccc(C(NC(=O)C(=O)Nc2cnc3c(F)cccc3c2)C(C)C)cc1. The first-order valence-electron chi connectivity index (χ1n) is 10.1. The fourth-order valence-corrected chi connectivity index (χ4v) is 3.40. The fourth-order valence-electron chi connectivity index (χ4n) is 3.40. The Bertz CT molecular complexity index is 1050. The first kappa shape index (κ1) is 21.4. The molecule has 0 fully saturated rings. The number of hydrogen-bond donors (Lipinski definition) is 2. The third kappa shape index (κ3) is 5.00. The Hall–Kier alpha value is -3.28. The highest BCUT2D eigenvalue weighted by atomic mass is 19.1. The zero-order valence-corrected chi connectivity index (χ0v) is 17.4. The van der Waals surface area contributed by atoms with E-state index in [2.05, 4.69) is 34.7 Å². The minimum Gasteiger partial charge on any atom is -0.341 e. The molecular formula is C24H26FN3O2. The molecule has 3 rings (SSSR count).